The molecule has 1 heterocycles. The average Bonchev–Trinajstić information content (AvgIpc) is 2.42. The van der Waals surface area contributed by atoms with Crippen molar-refractivity contribution in [1.82, 2.24) is 0 Å². The third-order valence-corrected chi connectivity index (χ3v) is 4.02. The predicted molar refractivity (Wildman–Crippen MR) is 57.3 cm³/mol. The molecule has 1 aromatic rings. The molecule has 0 spiro atoms. The normalized spacial score (nSPS) is 19.5. The molecule has 1 aliphatic heterocycles. The minimum Gasteiger partial charge on any atom is -0.497 e. The molecule has 1 unspecified atom stereocenters. The van der Waals surface area contributed by atoms with Crippen LogP contribution in [-0.2, 0) is 10.9 Å². The fourth-order valence-electron chi connectivity index (χ4n) is 1.36. The zero-order valence-corrected chi connectivity index (χ0v) is 8.57. The highest BCUT2D eigenvalue weighted by Crippen LogP contribution is 2.36. The molecule has 68 valence electrons. The Hall–Kier alpha value is -1.09. The molecule has 1 aromatic carbocycles. The maximum atomic E-state index is 5.14. The van der Waals surface area contributed by atoms with Gasteiger partial charge in [-0.2, -0.15) is 0 Å². The number of hydrogen-bond acceptors (Lipinski definition) is 2. The van der Waals surface area contributed by atoms with Crippen LogP contribution >= 0.6 is 0 Å². The Morgan fingerprint density at radius 1 is 1.46 bits per heavy atom. The zero-order valence-electron chi connectivity index (χ0n) is 7.76. The molecular weight excluding hydrogens is 182 g/mol. The summed E-state index contributed by atoms with van der Waals surface area (Å²) in [6.45, 7) is 3.97. The zero-order chi connectivity index (χ0) is 9.42. The second-order valence-corrected chi connectivity index (χ2v) is 4.87. The van der Waals surface area contributed by atoms with E-state index in [9.17, 15) is 0 Å². The van der Waals surface area contributed by atoms with Crippen molar-refractivity contribution >= 4 is 16.6 Å². The average molecular weight is 194 g/mol. The lowest BCUT2D eigenvalue weighted by Gasteiger charge is -1.99. The van der Waals surface area contributed by atoms with Gasteiger partial charge in [-0.15, -0.1) is 0 Å². The number of hydrogen-bond donors (Lipinski definition) is 1. The lowest BCUT2D eigenvalue weighted by molar-refractivity contribution is 0.415. The Morgan fingerprint density at radius 3 is 2.92 bits per heavy atom. The van der Waals surface area contributed by atoms with Crippen LogP contribution < -0.4 is 10.1 Å². The molecule has 1 N–H and O–H groups in total. The van der Waals surface area contributed by atoms with E-state index in [2.05, 4.69) is 24.2 Å². The van der Waals surface area contributed by atoms with Gasteiger partial charge in [-0.05, 0) is 18.7 Å². The number of anilines is 1. The molecule has 13 heavy (non-hydrogen) atoms. The van der Waals surface area contributed by atoms with Crippen LogP contribution in [0.4, 0.5) is 5.69 Å². The van der Waals surface area contributed by atoms with Crippen molar-refractivity contribution in [3.63, 3.8) is 0 Å². The molecule has 1 aliphatic rings. The quantitative estimate of drug-likeness (QED) is 0.692. The largest absolute Gasteiger partial charge is 0.497 e. The first-order valence-corrected chi connectivity index (χ1v) is 5.65. The van der Waals surface area contributed by atoms with Crippen molar-refractivity contribution in [1.29, 1.82) is 0 Å². The minimum absolute atomic E-state index is 0.136. The maximum Gasteiger partial charge on any atom is 0.223 e. The van der Waals surface area contributed by atoms with Crippen LogP contribution in [0, 0.1) is 0 Å². The predicted octanol–water partition coefficient (Wildman–Crippen LogP) is 2.20. The van der Waals surface area contributed by atoms with Crippen molar-refractivity contribution in [3.05, 3.63) is 29.8 Å². The number of ether oxygens (including phenoxy) is 1. The molecule has 0 aliphatic carbocycles. The van der Waals surface area contributed by atoms with Crippen LogP contribution in [0.15, 0.2) is 34.7 Å². The lowest BCUT2D eigenvalue weighted by atomic mass is 10.3. The van der Waals surface area contributed by atoms with Gasteiger partial charge in [-0.25, -0.2) is 0 Å². The first-order chi connectivity index (χ1) is 6.22. The topological polar surface area (TPSA) is 21.3 Å². The van der Waals surface area contributed by atoms with E-state index in [0.717, 1.165) is 16.5 Å². The van der Waals surface area contributed by atoms with Gasteiger partial charge in [0, 0.05) is 6.07 Å². The van der Waals surface area contributed by atoms with Crippen LogP contribution in [0.3, 0.4) is 0 Å². The van der Waals surface area contributed by atoms with E-state index in [-0.39, 0.29) is 10.9 Å². The van der Waals surface area contributed by atoms with Gasteiger partial charge in [0.05, 0.1) is 18.0 Å². The van der Waals surface area contributed by atoms with Crippen molar-refractivity contribution in [2.75, 3.05) is 18.7 Å². The molecule has 0 radical (unpaired) electrons. The first kappa shape index (κ1) is 8.51. The third kappa shape index (κ3) is 1.29. The van der Waals surface area contributed by atoms with Crippen LogP contribution in [0.2, 0.25) is 0 Å². The van der Waals surface area contributed by atoms with E-state index in [1.807, 2.05) is 12.1 Å². The van der Waals surface area contributed by atoms with Crippen LogP contribution in [0.5, 0.6) is 5.75 Å². The second kappa shape index (κ2) is 3.00. The summed E-state index contributed by atoms with van der Waals surface area (Å²) in [6, 6.07) is 6.10. The van der Waals surface area contributed by atoms with Crippen molar-refractivity contribution in [2.45, 2.75) is 4.90 Å². The van der Waals surface area contributed by atoms with Gasteiger partial charge in [0.15, 0.2) is 4.90 Å². The maximum absolute atomic E-state index is 5.14. The van der Waals surface area contributed by atoms with Gasteiger partial charge >= 0.3 is 0 Å². The summed E-state index contributed by atoms with van der Waals surface area (Å²) in [5.74, 6) is 0.887. The van der Waals surface area contributed by atoms with Gasteiger partial charge in [0.2, 0.25) is 5.03 Å². The van der Waals surface area contributed by atoms with Crippen LogP contribution in [0.25, 0.3) is 0 Å². The summed E-state index contributed by atoms with van der Waals surface area (Å²) in [4.78, 5) is 1.32. The molecule has 0 saturated heterocycles. The van der Waals surface area contributed by atoms with E-state index < -0.39 is 0 Å². The van der Waals surface area contributed by atoms with E-state index in [4.69, 9.17) is 4.74 Å². The number of benzene rings is 1. The van der Waals surface area contributed by atoms with Crippen LogP contribution in [0.1, 0.15) is 0 Å². The molecule has 0 fully saturated rings. The van der Waals surface area contributed by atoms with Gasteiger partial charge in [-0.3, -0.25) is 0 Å². The standard InChI is InChI=1S/C10H12NOS/c1-7-11-9-6-8(12-2)4-5-10(9)13(7)3/h4-6,11H,1H2,2-3H3/q+1. The highest BCUT2D eigenvalue weighted by atomic mass is 32.2. The molecule has 2 rings (SSSR count). The van der Waals surface area contributed by atoms with Gasteiger partial charge in [0.25, 0.3) is 0 Å². The molecule has 2 nitrogen and oxygen atoms in total. The van der Waals surface area contributed by atoms with Gasteiger partial charge in [0.1, 0.15) is 17.7 Å². The number of rotatable bonds is 1. The van der Waals surface area contributed by atoms with Gasteiger partial charge < -0.3 is 10.1 Å². The summed E-state index contributed by atoms with van der Waals surface area (Å²) >= 11 is 0. The molecule has 0 aromatic heterocycles. The fraction of sp³-hybridized carbons (Fsp3) is 0.200. The Morgan fingerprint density at radius 2 is 2.23 bits per heavy atom. The monoisotopic (exact) mass is 194 g/mol. The first-order valence-electron chi connectivity index (χ1n) is 4.02. The lowest BCUT2D eigenvalue weighted by Crippen LogP contribution is -1.97. The Balaban J connectivity index is 2.46. The van der Waals surface area contributed by atoms with E-state index in [1.54, 1.807) is 7.11 Å². The number of nitrogens with one attached hydrogen (secondary N) is 1. The molecule has 0 saturated carbocycles. The Kier molecular flexibility index (Phi) is 1.96. The summed E-state index contributed by atoms with van der Waals surface area (Å²) in [7, 11) is 1.81. The third-order valence-electron chi connectivity index (χ3n) is 2.16. The molecule has 0 amide bonds. The van der Waals surface area contributed by atoms with Crippen molar-refractivity contribution in [3.8, 4) is 5.75 Å². The fourth-order valence-corrected chi connectivity index (χ4v) is 2.60. The van der Waals surface area contributed by atoms with E-state index in [1.165, 1.54) is 4.90 Å². The molecule has 3 heteroatoms. The smallest absolute Gasteiger partial charge is 0.223 e. The highest BCUT2D eigenvalue weighted by molar-refractivity contribution is 8.00. The molecule has 0 bridgehead atoms. The van der Waals surface area contributed by atoms with E-state index in [0.29, 0.717) is 0 Å². The molecular formula is C10H12NOS+. The minimum atomic E-state index is 0.136. The van der Waals surface area contributed by atoms with Crippen LogP contribution in [-0.4, -0.2) is 13.4 Å². The number of fused-ring (bicyclic) bond motifs is 1. The van der Waals surface area contributed by atoms with Crippen molar-refractivity contribution in [2.24, 2.45) is 0 Å². The second-order valence-electron chi connectivity index (χ2n) is 2.92. The van der Waals surface area contributed by atoms with E-state index >= 15 is 0 Å². The Bertz CT molecular complexity index is 362. The summed E-state index contributed by atoms with van der Waals surface area (Å²) in [5, 5.41) is 4.35. The SMILES string of the molecule is C=C1Nc2cc(OC)ccc2[S+]1C. The number of methoxy groups -OCH3 is 1. The van der Waals surface area contributed by atoms with Gasteiger partial charge in [-0.1, -0.05) is 0 Å². The van der Waals surface area contributed by atoms with Crippen molar-refractivity contribution < 1.29 is 4.74 Å². The summed E-state index contributed by atoms with van der Waals surface area (Å²) < 4.78 is 5.14. The highest BCUT2D eigenvalue weighted by Gasteiger charge is 2.32. The molecule has 1 atom stereocenters. The summed E-state index contributed by atoms with van der Waals surface area (Å²) in [5.41, 5.74) is 1.13. The Labute approximate surface area is 81.0 Å². The summed E-state index contributed by atoms with van der Waals surface area (Å²) in [6.07, 6.45) is 2.17.